The van der Waals surface area contributed by atoms with Crippen LogP contribution in [-0.4, -0.2) is 74.9 Å². The van der Waals surface area contributed by atoms with Crippen LogP contribution in [-0.2, 0) is 11.3 Å². The van der Waals surface area contributed by atoms with Crippen LogP contribution in [0.3, 0.4) is 0 Å². The number of hydrogen-bond acceptors (Lipinski definition) is 10. The molecule has 5 aromatic rings. The van der Waals surface area contributed by atoms with E-state index in [1.165, 1.54) is 10.9 Å². The van der Waals surface area contributed by atoms with Gasteiger partial charge in [0.05, 0.1) is 18.3 Å². The van der Waals surface area contributed by atoms with E-state index in [-0.39, 0.29) is 36.4 Å². The maximum absolute atomic E-state index is 13.4. The van der Waals surface area contributed by atoms with Crippen LogP contribution < -0.4 is 15.6 Å². The third kappa shape index (κ3) is 6.28. The van der Waals surface area contributed by atoms with Crippen LogP contribution in [0.5, 0.6) is 6.01 Å². The van der Waals surface area contributed by atoms with Crippen molar-refractivity contribution in [2.24, 2.45) is 0 Å². The summed E-state index contributed by atoms with van der Waals surface area (Å²) in [5, 5.41) is 9.06. The van der Waals surface area contributed by atoms with Gasteiger partial charge in [-0.3, -0.25) is 9.48 Å². The van der Waals surface area contributed by atoms with Crippen LogP contribution in [0.25, 0.3) is 27.8 Å². The number of likely N-dealkylation sites (tertiary alicyclic amines) is 1. The highest BCUT2D eigenvalue weighted by atomic mass is 16.6. The molecule has 1 fully saturated rings. The number of piperidine rings is 1. The van der Waals surface area contributed by atoms with Gasteiger partial charge in [-0.25, -0.2) is 24.1 Å². The number of ether oxygens (including phenoxy) is 2. The maximum atomic E-state index is 13.4. The molecule has 0 bridgehead atoms. The highest BCUT2D eigenvalue weighted by Gasteiger charge is 2.28. The molecular formula is C32H38N10O4. The normalized spacial score (nSPS) is 14.3. The molecule has 1 amide bonds. The fourth-order valence-electron chi connectivity index (χ4n) is 5.42. The fourth-order valence-corrected chi connectivity index (χ4v) is 5.42. The molecular weight excluding hydrogens is 588 g/mol. The number of nitrogens with one attached hydrogen (secondary N) is 1. The van der Waals surface area contributed by atoms with E-state index >= 15 is 0 Å². The summed E-state index contributed by atoms with van der Waals surface area (Å²) in [5.41, 5.74) is 1.35. The molecule has 1 N–H and O–H groups in total. The number of benzene rings is 1. The van der Waals surface area contributed by atoms with Crippen LogP contribution >= 0.6 is 0 Å². The standard InChI is InChI=1S/C32H38N10O4/c1-7-14-40-28(43)24-19-34-29(36-22-8-9-25-21(17-22)18-35-41(25)20(2)3)38-27(24)42(40)26-10-13-33-30(37-26)45-23-11-15-39(16-12-23)31(44)46-32(4,5)6/h7-10,13,17-20,23H,1,11-12,14-16H2,2-6H3,(H,34,36,38). The molecule has 0 aliphatic carbocycles. The Balaban J connectivity index is 1.26. The fraction of sp³-hybridized carbons (Fsp3) is 0.406. The summed E-state index contributed by atoms with van der Waals surface area (Å²) in [4.78, 5) is 45.7. The molecule has 5 heterocycles. The van der Waals surface area contributed by atoms with Crippen molar-refractivity contribution in [3.05, 3.63) is 65.9 Å². The number of allylic oxidation sites excluding steroid dienone is 1. The summed E-state index contributed by atoms with van der Waals surface area (Å²) in [6, 6.07) is 8.02. The van der Waals surface area contributed by atoms with Gasteiger partial charge in [-0.1, -0.05) is 6.08 Å². The van der Waals surface area contributed by atoms with Crippen LogP contribution in [0.15, 0.2) is 60.3 Å². The summed E-state index contributed by atoms with van der Waals surface area (Å²) in [5.74, 6) is 0.715. The number of carbonyl (C=O) groups is 1. The number of aromatic nitrogens is 8. The van der Waals surface area contributed by atoms with Crippen LogP contribution in [0, 0.1) is 0 Å². The van der Waals surface area contributed by atoms with Crippen molar-refractivity contribution in [3.8, 4) is 11.8 Å². The quantitative estimate of drug-likeness (QED) is 0.233. The van der Waals surface area contributed by atoms with Crippen molar-refractivity contribution in [3.63, 3.8) is 0 Å². The van der Waals surface area contributed by atoms with Crippen LogP contribution in [0.2, 0.25) is 0 Å². The lowest BCUT2D eigenvalue weighted by Gasteiger charge is -2.33. The van der Waals surface area contributed by atoms with E-state index < -0.39 is 5.60 Å². The SMILES string of the molecule is C=CCn1c(=O)c2cnc(Nc3ccc4c(cnn4C(C)C)c3)nc2n1-c1ccnc(OC2CCN(C(=O)OC(C)(C)C)CC2)n1. The van der Waals surface area contributed by atoms with Crippen molar-refractivity contribution in [2.75, 3.05) is 18.4 Å². The molecule has 0 spiro atoms. The summed E-state index contributed by atoms with van der Waals surface area (Å²) < 4.78 is 16.7. The van der Waals surface area contributed by atoms with Gasteiger partial charge in [0.2, 0.25) is 5.95 Å². The Morgan fingerprint density at radius 1 is 1.13 bits per heavy atom. The van der Waals surface area contributed by atoms with Crippen molar-refractivity contribution in [1.82, 2.24) is 44.0 Å². The zero-order chi connectivity index (χ0) is 32.6. The van der Waals surface area contributed by atoms with Gasteiger partial charge in [-0.15, -0.1) is 6.58 Å². The number of hydrogen-bond donors (Lipinski definition) is 1. The number of fused-ring (bicyclic) bond motifs is 2. The molecule has 14 nitrogen and oxygen atoms in total. The molecule has 0 unspecified atom stereocenters. The van der Waals surface area contributed by atoms with E-state index in [9.17, 15) is 9.59 Å². The Hall–Kier alpha value is -5.27. The Morgan fingerprint density at radius 3 is 2.63 bits per heavy atom. The van der Waals surface area contributed by atoms with E-state index in [2.05, 4.69) is 45.8 Å². The number of nitrogens with zero attached hydrogens (tertiary/aromatic N) is 9. The van der Waals surface area contributed by atoms with Crippen molar-refractivity contribution in [2.45, 2.75) is 71.8 Å². The van der Waals surface area contributed by atoms with Gasteiger partial charge in [-0.05, 0) is 52.8 Å². The number of carbonyl (C=O) groups excluding carboxylic acids is 1. The first kappa shape index (κ1) is 30.7. The van der Waals surface area contributed by atoms with Gasteiger partial charge in [0.25, 0.3) is 5.56 Å². The summed E-state index contributed by atoms with van der Waals surface area (Å²) in [7, 11) is 0. The van der Waals surface area contributed by atoms with Gasteiger partial charge in [0.15, 0.2) is 11.5 Å². The minimum Gasteiger partial charge on any atom is -0.460 e. The molecule has 6 rings (SSSR count). The number of amides is 1. The van der Waals surface area contributed by atoms with E-state index in [1.807, 2.05) is 49.8 Å². The Morgan fingerprint density at radius 2 is 1.91 bits per heavy atom. The van der Waals surface area contributed by atoms with Crippen LogP contribution in [0.1, 0.15) is 53.5 Å². The molecule has 1 saturated heterocycles. The third-order valence-corrected chi connectivity index (χ3v) is 7.52. The second-order valence-corrected chi connectivity index (χ2v) is 12.5. The lowest BCUT2D eigenvalue weighted by Crippen LogP contribution is -2.44. The molecule has 0 saturated carbocycles. The average molecular weight is 627 g/mol. The Kier molecular flexibility index (Phi) is 8.19. The third-order valence-electron chi connectivity index (χ3n) is 7.52. The second-order valence-electron chi connectivity index (χ2n) is 12.5. The molecule has 1 aromatic carbocycles. The van der Waals surface area contributed by atoms with Gasteiger partial charge >= 0.3 is 12.1 Å². The molecule has 4 aromatic heterocycles. The smallest absolute Gasteiger partial charge is 0.410 e. The average Bonchev–Trinajstić information content (AvgIpc) is 3.55. The molecule has 1 aliphatic heterocycles. The van der Waals surface area contributed by atoms with Gasteiger partial charge < -0.3 is 19.7 Å². The monoisotopic (exact) mass is 626 g/mol. The molecule has 1 aliphatic rings. The minimum absolute atomic E-state index is 0.162. The zero-order valence-corrected chi connectivity index (χ0v) is 26.7. The summed E-state index contributed by atoms with van der Waals surface area (Å²) in [6.45, 7) is 14.8. The first-order valence-corrected chi connectivity index (χ1v) is 15.3. The van der Waals surface area contributed by atoms with Gasteiger partial charge in [-0.2, -0.15) is 15.1 Å². The molecule has 0 radical (unpaired) electrons. The molecule has 0 atom stereocenters. The van der Waals surface area contributed by atoms with Crippen molar-refractivity contribution < 1.29 is 14.3 Å². The van der Waals surface area contributed by atoms with Crippen LogP contribution in [0.4, 0.5) is 16.4 Å². The van der Waals surface area contributed by atoms with Crippen molar-refractivity contribution >= 4 is 39.7 Å². The summed E-state index contributed by atoms with van der Waals surface area (Å²) >= 11 is 0. The maximum Gasteiger partial charge on any atom is 0.410 e. The van der Waals surface area contributed by atoms with Gasteiger partial charge in [0.1, 0.15) is 17.1 Å². The first-order chi connectivity index (χ1) is 22.0. The highest BCUT2D eigenvalue weighted by Crippen LogP contribution is 2.25. The number of rotatable bonds is 8. The lowest BCUT2D eigenvalue weighted by atomic mass is 10.1. The lowest BCUT2D eigenvalue weighted by molar-refractivity contribution is 0.0119. The summed E-state index contributed by atoms with van der Waals surface area (Å²) in [6.07, 6.45) is 7.24. The largest absolute Gasteiger partial charge is 0.460 e. The minimum atomic E-state index is -0.553. The molecule has 240 valence electrons. The van der Waals surface area contributed by atoms with E-state index in [1.54, 1.807) is 27.9 Å². The Labute approximate surface area is 265 Å². The topological polar surface area (TPSA) is 147 Å². The zero-order valence-electron chi connectivity index (χ0n) is 26.7. The molecule has 46 heavy (non-hydrogen) atoms. The Bertz CT molecular complexity index is 1960. The predicted molar refractivity (Wildman–Crippen MR) is 174 cm³/mol. The van der Waals surface area contributed by atoms with Gasteiger partial charge in [0, 0.05) is 61.5 Å². The molecule has 14 heteroatoms. The number of anilines is 2. The van der Waals surface area contributed by atoms with E-state index in [0.717, 1.165) is 16.6 Å². The highest BCUT2D eigenvalue weighted by molar-refractivity contribution is 5.84. The second kappa shape index (κ2) is 12.3. The van der Waals surface area contributed by atoms with E-state index in [4.69, 9.17) is 14.5 Å². The predicted octanol–water partition coefficient (Wildman–Crippen LogP) is 5.01. The first-order valence-electron chi connectivity index (χ1n) is 15.3. The van der Waals surface area contributed by atoms with Crippen molar-refractivity contribution in [1.29, 1.82) is 0 Å². The van der Waals surface area contributed by atoms with E-state index in [0.29, 0.717) is 48.7 Å².